The zero-order valence-corrected chi connectivity index (χ0v) is 19.9. The van der Waals surface area contributed by atoms with Crippen LogP contribution in [0.25, 0.3) is 6.08 Å². The minimum atomic E-state index is -1.20. The van der Waals surface area contributed by atoms with E-state index in [0.717, 1.165) is 4.90 Å². The largest absolute Gasteiger partial charge is 0.493 e. The molecule has 36 heavy (non-hydrogen) atoms. The van der Waals surface area contributed by atoms with Gasteiger partial charge in [-0.25, -0.2) is 14.5 Å². The molecule has 12 heteroatoms. The number of carbonyl (C=O) groups is 4. The van der Waals surface area contributed by atoms with Crippen LogP contribution in [0.2, 0.25) is 10.0 Å². The molecule has 0 spiro atoms. The molecule has 0 aliphatic carbocycles. The first-order chi connectivity index (χ1) is 17.2. The van der Waals surface area contributed by atoms with E-state index < -0.39 is 23.8 Å². The maximum absolute atomic E-state index is 13.1. The van der Waals surface area contributed by atoms with Crippen molar-refractivity contribution < 1.29 is 38.2 Å². The van der Waals surface area contributed by atoms with E-state index in [-0.39, 0.29) is 40.2 Å². The molecule has 2 aromatic carbocycles. The molecule has 4 amide bonds. The number of urea groups is 1. The van der Waals surface area contributed by atoms with E-state index in [1.165, 1.54) is 55.7 Å². The standard InChI is InChI=1S/C24H16Cl2N2O8/c1-34-20-9-12(2-6-18(20)35-11-14-4-7-19(36-14)23(31)32)8-15-21(29)27-24(33)28(22(15)30)17-5-3-13(25)10-16(17)26/h2-10H,11H2,1H3,(H,31,32)(H,27,29,33)/b15-8+. The van der Waals surface area contributed by atoms with Crippen molar-refractivity contribution in [2.24, 2.45) is 0 Å². The van der Waals surface area contributed by atoms with Gasteiger partial charge in [0, 0.05) is 5.02 Å². The average molecular weight is 531 g/mol. The number of halogens is 2. The van der Waals surface area contributed by atoms with Crippen LogP contribution in [0.5, 0.6) is 11.5 Å². The Labute approximate surface area is 213 Å². The van der Waals surface area contributed by atoms with Crippen LogP contribution in [0.4, 0.5) is 10.5 Å². The predicted octanol–water partition coefficient (Wildman–Crippen LogP) is 4.54. The summed E-state index contributed by atoms with van der Waals surface area (Å²) in [5, 5.41) is 11.4. The summed E-state index contributed by atoms with van der Waals surface area (Å²) in [6.45, 7) is -0.0656. The number of carbonyl (C=O) groups excluding carboxylic acids is 3. The fourth-order valence-corrected chi connectivity index (χ4v) is 3.81. The molecule has 1 aliphatic heterocycles. The summed E-state index contributed by atoms with van der Waals surface area (Å²) in [4.78, 5) is 49.6. The van der Waals surface area contributed by atoms with Gasteiger partial charge in [-0.1, -0.05) is 29.3 Å². The minimum Gasteiger partial charge on any atom is -0.493 e. The second-order valence-electron chi connectivity index (χ2n) is 7.32. The smallest absolute Gasteiger partial charge is 0.371 e. The second-order valence-corrected chi connectivity index (χ2v) is 8.17. The Balaban J connectivity index is 1.59. The number of carboxylic acids is 1. The van der Waals surface area contributed by atoms with Crippen molar-refractivity contribution in [2.75, 3.05) is 12.0 Å². The number of furan rings is 1. The van der Waals surface area contributed by atoms with Crippen molar-refractivity contribution in [3.63, 3.8) is 0 Å². The molecule has 1 fully saturated rings. The van der Waals surface area contributed by atoms with Gasteiger partial charge in [0.15, 0.2) is 11.5 Å². The highest BCUT2D eigenvalue weighted by atomic mass is 35.5. The maximum atomic E-state index is 13.1. The number of nitrogens with zero attached hydrogens (tertiary/aromatic N) is 1. The van der Waals surface area contributed by atoms with Crippen LogP contribution in [0.1, 0.15) is 21.9 Å². The first kappa shape index (κ1) is 24.8. The number of nitrogens with one attached hydrogen (secondary N) is 1. The van der Waals surface area contributed by atoms with Gasteiger partial charge in [0.2, 0.25) is 5.76 Å². The molecule has 4 rings (SSSR count). The Morgan fingerprint density at radius 3 is 2.53 bits per heavy atom. The number of benzene rings is 2. The molecule has 0 radical (unpaired) electrons. The fourth-order valence-electron chi connectivity index (χ4n) is 3.32. The lowest BCUT2D eigenvalue weighted by atomic mass is 10.1. The summed E-state index contributed by atoms with van der Waals surface area (Å²) in [6.07, 6.45) is 1.29. The van der Waals surface area contributed by atoms with E-state index >= 15 is 0 Å². The Morgan fingerprint density at radius 1 is 1.08 bits per heavy atom. The van der Waals surface area contributed by atoms with Crippen LogP contribution >= 0.6 is 23.2 Å². The van der Waals surface area contributed by atoms with Crippen LogP contribution < -0.4 is 19.7 Å². The third-order valence-electron chi connectivity index (χ3n) is 4.99. The number of aromatic carboxylic acids is 1. The lowest BCUT2D eigenvalue weighted by Gasteiger charge is -2.27. The normalized spacial score (nSPS) is 14.7. The number of anilines is 1. The van der Waals surface area contributed by atoms with Gasteiger partial charge in [0.25, 0.3) is 11.8 Å². The SMILES string of the molecule is COc1cc(/C=C2\C(=O)NC(=O)N(c3ccc(Cl)cc3Cl)C2=O)ccc1OCc1ccc(C(=O)O)o1. The Morgan fingerprint density at radius 2 is 1.86 bits per heavy atom. The highest BCUT2D eigenvalue weighted by molar-refractivity contribution is 6.42. The molecule has 10 nitrogen and oxygen atoms in total. The number of carboxylic acid groups (broad SMARTS) is 1. The van der Waals surface area contributed by atoms with Gasteiger partial charge in [-0.2, -0.15) is 0 Å². The average Bonchev–Trinajstić information content (AvgIpc) is 3.31. The number of amides is 4. The van der Waals surface area contributed by atoms with Crippen molar-refractivity contribution in [1.29, 1.82) is 0 Å². The Hall–Kier alpha value is -4.28. The quantitative estimate of drug-likeness (QED) is 0.335. The molecule has 2 heterocycles. The number of rotatable bonds is 7. The lowest BCUT2D eigenvalue weighted by molar-refractivity contribution is -0.122. The van der Waals surface area contributed by atoms with E-state index in [0.29, 0.717) is 16.3 Å². The van der Waals surface area contributed by atoms with Gasteiger partial charge in [0.1, 0.15) is 17.9 Å². The molecule has 2 N–H and O–H groups in total. The number of hydrogen-bond donors (Lipinski definition) is 2. The van der Waals surface area contributed by atoms with Gasteiger partial charge in [-0.3, -0.25) is 14.9 Å². The predicted molar refractivity (Wildman–Crippen MR) is 128 cm³/mol. The van der Waals surface area contributed by atoms with Gasteiger partial charge in [-0.05, 0) is 54.1 Å². The number of imide groups is 2. The summed E-state index contributed by atoms with van der Waals surface area (Å²) in [6, 6.07) is 10.7. The topological polar surface area (TPSA) is 135 Å². The number of barbiturate groups is 1. The van der Waals surface area contributed by atoms with Crippen LogP contribution in [0.3, 0.4) is 0 Å². The molecule has 0 bridgehead atoms. The van der Waals surface area contributed by atoms with E-state index in [4.69, 9.17) is 42.2 Å². The molecular weight excluding hydrogens is 515 g/mol. The monoisotopic (exact) mass is 530 g/mol. The fraction of sp³-hybridized carbons (Fsp3) is 0.0833. The third-order valence-corrected chi connectivity index (χ3v) is 5.53. The molecule has 0 unspecified atom stereocenters. The van der Waals surface area contributed by atoms with E-state index in [1.54, 1.807) is 6.07 Å². The van der Waals surface area contributed by atoms with Crippen molar-refractivity contribution in [1.82, 2.24) is 5.32 Å². The van der Waals surface area contributed by atoms with Crippen molar-refractivity contribution in [3.05, 3.63) is 81.2 Å². The molecular formula is C24H16Cl2N2O8. The number of ether oxygens (including phenoxy) is 2. The first-order valence-corrected chi connectivity index (χ1v) is 10.9. The summed E-state index contributed by atoms with van der Waals surface area (Å²) in [5.74, 6) is -2.31. The summed E-state index contributed by atoms with van der Waals surface area (Å²) < 4.78 is 16.1. The zero-order valence-electron chi connectivity index (χ0n) is 18.4. The first-order valence-electron chi connectivity index (χ1n) is 10.2. The van der Waals surface area contributed by atoms with Crippen molar-refractivity contribution in [2.45, 2.75) is 6.61 Å². The van der Waals surface area contributed by atoms with Crippen molar-refractivity contribution in [3.8, 4) is 11.5 Å². The Kier molecular flexibility index (Phi) is 7.00. The highest BCUT2D eigenvalue weighted by Crippen LogP contribution is 2.33. The van der Waals surface area contributed by atoms with Gasteiger partial charge >= 0.3 is 12.0 Å². The summed E-state index contributed by atoms with van der Waals surface area (Å²) in [7, 11) is 1.40. The summed E-state index contributed by atoms with van der Waals surface area (Å²) >= 11 is 12.1. The molecule has 3 aromatic rings. The lowest BCUT2D eigenvalue weighted by Crippen LogP contribution is -2.54. The highest BCUT2D eigenvalue weighted by Gasteiger charge is 2.37. The van der Waals surface area contributed by atoms with Crippen LogP contribution in [0, 0.1) is 0 Å². The van der Waals surface area contributed by atoms with E-state index in [2.05, 4.69) is 5.32 Å². The van der Waals surface area contributed by atoms with E-state index in [1.807, 2.05) is 0 Å². The molecule has 0 saturated carbocycles. The van der Waals surface area contributed by atoms with Crippen molar-refractivity contribution >= 4 is 58.8 Å². The number of methoxy groups -OCH3 is 1. The van der Waals surface area contributed by atoms with Gasteiger partial charge in [-0.15, -0.1) is 0 Å². The third kappa shape index (κ3) is 5.04. The Bertz CT molecular complexity index is 1430. The molecule has 0 atom stereocenters. The van der Waals surface area contributed by atoms with Crippen LogP contribution in [-0.4, -0.2) is 36.0 Å². The van der Waals surface area contributed by atoms with Gasteiger partial charge in [0.05, 0.1) is 17.8 Å². The molecule has 1 saturated heterocycles. The van der Waals surface area contributed by atoms with Crippen LogP contribution in [0.15, 0.2) is 58.5 Å². The number of hydrogen-bond acceptors (Lipinski definition) is 7. The molecule has 1 aliphatic rings. The summed E-state index contributed by atoms with van der Waals surface area (Å²) in [5.41, 5.74) is 0.153. The van der Waals surface area contributed by atoms with Crippen LogP contribution in [-0.2, 0) is 16.2 Å². The molecule has 1 aromatic heterocycles. The second kappa shape index (κ2) is 10.1. The zero-order chi connectivity index (χ0) is 26.0. The van der Waals surface area contributed by atoms with E-state index in [9.17, 15) is 19.2 Å². The molecule has 184 valence electrons. The van der Waals surface area contributed by atoms with Gasteiger partial charge < -0.3 is 19.0 Å². The maximum Gasteiger partial charge on any atom is 0.371 e. The minimum absolute atomic E-state index is 0.0508.